The molecular weight excluding hydrogens is 769 g/mol. The number of ether oxygens (including phenoxy) is 3. The lowest BCUT2D eigenvalue weighted by Crippen LogP contribution is -2.54. The van der Waals surface area contributed by atoms with E-state index >= 15 is 0 Å². The van der Waals surface area contributed by atoms with E-state index in [0.717, 1.165) is 68.9 Å². The highest BCUT2D eigenvalue weighted by atomic mass is 28.3. The highest BCUT2D eigenvalue weighted by Crippen LogP contribution is 2.39. The molecule has 4 heterocycles. The maximum Gasteiger partial charge on any atom is 0.407 e. The molecule has 3 aromatic carbocycles. The third-order valence-corrected chi connectivity index (χ3v) is 14.4. The largest absolute Gasteiger partial charge is 0.453 e. The van der Waals surface area contributed by atoms with E-state index in [1.54, 1.807) is 18.0 Å². The fraction of sp³-hybridized carbons (Fsp3) is 0.442. The van der Waals surface area contributed by atoms with Crippen molar-refractivity contribution in [1.29, 1.82) is 0 Å². The number of alkyl carbamates (subject to hydrolysis) is 2. The van der Waals surface area contributed by atoms with Crippen LogP contribution in [0.3, 0.4) is 0 Å². The molecule has 312 valence electrons. The topological polar surface area (TPSA) is 184 Å². The lowest BCUT2D eigenvalue weighted by Gasteiger charge is -2.30. The molecule has 2 aliphatic rings. The Morgan fingerprint density at radius 2 is 1.46 bits per heavy atom. The number of aromatic nitrogens is 4. The van der Waals surface area contributed by atoms with Gasteiger partial charge in [0.05, 0.1) is 63.4 Å². The van der Waals surface area contributed by atoms with Crippen LogP contribution in [0.15, 0.2) is 60.8 Å². The number of amides is 4. The summed E-state index contributed by atoms with van der Waals surface area (Å²) in [6.07, 6.45) is 2.15. The first-order valence-corrected chi connectivity index (χ1v) is 23.5. The molecular formula is C43H54N8O7Si. The summed E-state index contributed by atoms with van der Waals surface area (Å²) in [5, 5.41) is 7.44. The first kappa shape index (κ1) is 41.4. The average molecular weight is 823 g/mol. The Bertz CT molecular complexity index is 2360. The van der Waals surface area contributed by atoms with Crippen molar-refractivity contribution >= 4 is 53.9 Å². The zero-order chi connectivity index (χ0) is 42.2. The fourth-order valence-corrected chi connectivity index (χ4v) is 11.4. The van der Waals surface area contributed by atoms with Crippen molar-refractivity contribution in [3.8, 4) is 22.4 Å². The summed E-state index contributed by atoms with van der Waals surface area (Å²) < 4.78 is 15.0. The standard InChI is InChI=1S/C43H54N8O7Si/c1-24(2)35(48-42(54)57-5)40(52)51-23-59(7,8)22-34(51)39-45-31-18-16-29-20-28(15-17-30(29)37(31)47-39)26-11-13-27(14-12-26)32-21-44-38(46-32)33-10-9-19-50(33)41(53)36(25(3)56-4)49-43(55)58-6/h11-18,20-21,24-25,33-36H,9-10,19,22-23H2,1-8H3,(H,44,46)(H,45,47)(H,48,54)(H,49,55)/t25?,33-,34-,35-,36-/m0/s1. The van der Waals surface area contributed by atoms with E-state index < -0.39 is 38.4 Å². The Morgan fingerprint density at radius 1 is 0.797 bits per heavy atom. The van der Waals surface area contributed by atoms with Crippen LogP contribution in [-0.4, -0.2) is 114 Å². The number of nitrogens with zero attached hydrogens (tertiary/aromatic N) is 4. The van der Waals surface area contributed by atoms with E-state index in [4.69, 9.17) is 19.2 Å². The van der Waals surface area contributed by atoms with Gasteiger partial charge in [-0.3, -0.25) is 9.59 Å². The minimum Gasteiger partial charge on any atom is -0.453 e. The van der Waals surface area contributed by atoms with Gasteiger partial charge in [0, 0.05) is 25.2 Å². The lowest BCUT2D eigenvalue weighted by atomic mass is 9.99. The van der Waals surface area contributed by atoms with Gasteiger partial charge in [-0.25, -0.2) is 19.6 Å². The molecule has 2 saturated heterocycles. The molecule has 2 fully saturated rings. The average Bonchev–Trinajstić information content (AvgIpc) is 4.06. The third-order valence-electron chi connectivity index (χ3n) is 11.7. The first-order valence-electron chi connectivity index (χ1n) is 20.1. The van der Waals surface area contributed by atoms with Gasteiger partial charge in [-0.1, -0.05) is 69.4 Å². The van der Waals surface area contributed by atoms with Crippen LogP contribution < -0.4 is 10.6 Å². The predicted octanol–water partition coefficient (Wildman–Crippen LogP) is 6.71. The second kappa shape index (κ2) is 16.9. The molecule has 15 nitrogen and oxygen atoms in total. The van der Waals surface area contributed by atoms with Crippen LogP contribution in [0.25, 0.3) is 44.2 Å². The summed E-state index contributed by atoms with van der Waals surface area (Å²) in [7, 11) is 2.28. The number of hydrogen-bond donors (Lipinski definition) is 4. The van der Waals surface area contributed by atoms with Crippen LogP contribution in [0.4, 0.5) is 9.59 Å². The molecule has 0 spiro atoms. The van der Waals surface area contributed by atoms with Gasteiger partial charge < -0.3 is 44.6 Å². The number of fused-ring (bicyclic) bond motifs is 3. The Hall–Kier alpha value is -5.74. The summed E-state index contributed by atoms with van der Waals surface area (Å²) in [6.45, 7) is 10.7. The summed E-state index contributed by atoms with van der Waals surface area (Å²) in [6, 6.07) is 17.6. The molecule has 4 amide bonds. The molecule has 1 unspecified atom stereocenters. The van der Waals surface area contributed by atoms with E-state index in [2.05, 4.69) is 87.2 Å². The monoisotopic (exact) mass is 822 g/mol. The van der Waals surface area contributed by atoms with Gasteiger partial charge >= 0.3 is 12.2 Å². The molecule has 59 heavy (non-hydrogen) atoms. The molecule has 4 N–H and O–H groups in total. The molecule has 16 heteroatoms. The molecule has 7 rings (SSSR count). The highest BCUT2D eigenvalue weighted by Gasteiger charge is 2.46. The van der Waals surface area contributed by atoms with E-state index in [1.807, 2.05) is 24.8 Å². The summed E-state index contributed by atoms with van der Waals surface area (Å²) in [4.78, 5) is 72.3. The Morgan fingerprint density at radius 3 is 2.14 bits per heavy atom. The molecule has 0 saturated carbocycles. The lowest BCUT2D eigenvalue weighted by molar-refractivity contribution is -0.137. The summed E-state index contributed by atoms with van der Waals surface area (Å²) in [5.74, 6) is 0.961. The Kier molecular flexibility index (Phi) is 11.8. The van der Waals surface area contributed by atoms with Gasteiger partial charge in [0.1, 0.15) is 23.7 Å². The zero-order valence-electron chi connectivity index (χ0n) is 34.9. The van der Waals surface area contributed by atoms with Gasteiger partial charge in [-0.05, 0) is 65.9 Å². The molecule has 5 atom stereocenters. The molecule has 0 radical (unpaired) electrons. The Labute approximate surface area is 344 Å². The fourth-order valence-electron chi connectivity index (χ4n) is 8.47. The number of benzene rings is 3. The van der Waals surface area contributed by atoms with Crippen molar-refractivity contribution in [2.75, 3.05) is 34.0 Å². The number of nitrogens with one attached hydrogen (secondary N) is 4. The smallest absolute Gasteiger partial charge is 0.407 e. The van der Waals surface area contributed by atoms with Gasteiger partial charge in [0.25, 0.3) is 0 Å². The van der Waals surface area contributed by atoms with Crippen molar-refractivity contribution in [2.45, 2.75) is 83.0 Å². The van der Waals surface area contributed by atoms with Crippen LogP contribution in [0.5, 0.6) is 0 Å². The van der Waals surface area contributed by atoms with Crippen molar-refractivity contribution in [1.82, 2.24) is 40.4 Å². The number of carbonyl (C=O) groups excluding carboxylic acids is 4. The van der Waals surface area contributed by atoms with Crippen LogP contribution in [-0.2, 0) is 23.8 Å². The number of imidazole rings is 2. The highest BCUT2D eigenvalue weighted by molar-refractivity contribution is 6.78. The summed E-state index contributed by atoms with van der Waals surface area (Å²) >= 11 is 0. The minimum atomic E-state index is -1.78. The number of likely N-dealkylation sites (tertiary alicyclic amines) is 1. The second-order valence-electron chi connectivity index (χ2n) is 16.7. The SMILES string of the molecule is COC(=O)N[C@H](C(=O)N1C[Si](C)(C)C[C@H]1c1nc2c(ccc3cc(-c4ccc(-c5cnc([C@@H]6CCCN6C(=O)[C@@H](NC(=O)OC)C(C)OC)[nH]5)cc4)ccc32)[nH]1)C(C)C. The van der Waals surface area contributed by atoms with E-state index in [9.17, 15) is 19.2 Å². The van der Waals surface area contributed by atoms with Crippen molar-refractivity contribution in [2.24, 2.45) is 5.92 Å². The van der Waals surface area contributed by atoms with Crippen molar-refractivity contribution in [3.63, 3.8) is 0 Å². The molecule has 0 bridgehead atoms. The van der Waals surface area contributed by atoms with E-state index in [1.165, 1.54) is 21.3 Å². The van der Waals surface area contributed by atoms with Crippen LogP contribution >= 0.6 is 0 Å². The molecule has 0 aliphatic carbocycles. The minimum absolute atomic E-state index is 0.118. The molecule has 2 aliphatic heterocycles. The first-order chi connectivity index (χ1) is 28.2. The number of hydrogen-bond acceptors (Lipinski definition) is 9. The van der Waals surface area contributed by atoms with Crippen LogP contribution in [0.1, 0.15) is 57.3 Å². The van der Waals surface area contributed by atoms with Crippen LogP contribution in [0, 0.1) is 5.92 Å². The van der Waals surface area contributed by atoms with Gasteiger partial charge in [0.15, 0.2) is 0 Å². The quantitative estimate of drug-likeness (QED) is 0.105. The van der Waals surface area contributed by atoms with Gasteiger partial charge in [-0.15, -0.1) is 0 Å². The predicted molar refractivity (Wildman–Crippen MR) is 227 cm³/mol. The Balaban J connectivity index is 1.09. The second-order valence-corrected chi connectivity index (χ2v) is 21.8. The molecule has 5 aromatic rings. The zero-order valence-corrected chi connectivity index (χ0v) is 35.9. The number of H-pyrrole nitrogens is 2. The van der Waals surface area contributed by atoms with E-state index in [-0.39, 0.29) is 29.8 Å². The summed E-state index contributed by atoms with van der Waals surface area (Å²) in [5.41, 5.74) is 5.66. The normalized spacial score (nSPS) is 19.2. The van der Waals surface area contributed by atoms with E-state index in [0.29, 0.717) is 18.5 Å². The number of carbonyl (C=O) groups is 4. The van der Waals surface area contributed by atoms with Crippen LogP contribution in [0.2, 0.25) is 19.1 Å². The van der Waals surface area contributed by atoms with Crippen molar-refractivity contribution in [3.05, 3.63) is 72.4 Å². The third kappa shape index (κ3) is 8.41. The number of rotatable bonds is 11. The molecule has 2 aromatic heterocycles. The number of aromatic amines is 2. The van der Waals surface area contributed by atoms with Gasteiger partial charge in [0.2, 0.25) is 11.8 Å². The van der Waals surface area contributed by atoms with Crippen molar-refractivity contribution < 1.29 is 33.4 Å². The van der Waals surface area contributed by atoms with Gasteiger partial charge in [-0.2, -0.15) is 0 Å². The number of methoxy groups -OCH3 is 3. The maximum absolute atomic E-state index is 14.0. The maximum atomic E-state index is 14.0.